The minimum atomic E-state index is -0.571. The second kappa shape index (κ2) is 13.5. The molecule has 0 aliphatic heterocycles. The molecule has 3 nitrogen and oxygen atoms in total. The van der Waals surface area contributed by atoms with Crippen LogP contribution in [0.1, 0.15) is 52.4 Å². The lowest BCUT2D eigenvalue weighted by atomic mass is 10.2. The first kappa shape index (κ1) is 16.4. The van der Waals surface area contributed by atoms with E-state index in [1.165, 1.54) is 0 Å². The average Bonchev–Trinajstić information content (AvgIpc) is 2.38. The smallest absolute Gasteiger partial charge is 0.434 e. The molecule has 0 heterocycles. The average molecular weight is 250 g/mol. The molecule has 0 spiro atoms. The quantitative estimate of drug-likeness (QED) is 0.375. The Kier molecular flexibility index (Phi) is 12.3. The van der Waals surface area contributed by atoms with Crippen molar-refractivity contribution in [1.82, 2.24) is 0 Å². The summed E-state index contributed by atoms with van der Waals surface area (Å²) in [6, 6.07) is 0. The molecule has 3 heteroatoms. The summed E-state index contributed by atoms with van der Waals surface area (Å²) in [6.45, 7) is 4.46. The summed E-state index contributed by atoms with van der Waals surface area (Å²) in [7, 11) is 0. The predicted octanol–water partition coefficient (Wildman–Crippen LogP) is 3.53. The van der Waals surface area contributed by atoms with E-state index in [1.54, 1.807) is 0 Å². The standard InChI is InChI=1S/C15H22O3/c1-3-5-7-9-11-13-17-15(16)18-14-12-10-8-6-4-2/h7-14H2,1-2H3. The Balaban J connectivity index is 3.25. The molecule has 0 atom stereocenters. The summed E-state index contributed by atoms with van der Waals surface area (Å²) in [6.07, 6.45) is 4.69. The third-order valence-electron chi connectivity index (χ3n) is 2.19. The van der Waals surface area contributed by atoms with Crippen LogP contribution < -0.4 is 0 Å². The molecule has 100 valence electrons. The van der Waals surface area contributed by atoms with Crippen LogP contribution in [0, 0.1) is 23.7 Å². The van der Waals surface area contributed by atoms with Gasteiger partial charge in [-0.2, -0.15) is 0 Å². The lowest BCUT2D eigenvalue weighted by Crippen LogP contribution is -2.09. The van der Waals surface area contributed by atoms with E-state index >= 15 is 0 Å². The molecule has 0 aliphatic rings. The normalized spacial score (nSPS) is 8.56. The molecule has 0 N–H and O–H groups in total. The molecule has 0 rings (SSSR count). The predicted molar refractivity (Wildman–Crippen MR) is 71.9 cm³/mol. The van der Waals surface area contributed by atoms with Crippen LogP contribution in [-0.2, 0) is 9.47 Å². The van der Waals surface area contributed by atoms with Gasteiger partial charge >= 0.3 is 6.16 Å². The Morgan fingerprint density at radius 2 is 1.28 bits per heavy atom. The fraction of sp³-hybridized carbons (Fsp3) is 0.667. The van der Waals surface area contributed by atoms with Crippen LogP contribution in [0.3, 0.4) is 0 Å². The highest BCUT2D eigenvalue weighted by molar-refractivity contribution is 5.59. The molecule has 0 amide bonds. The van der Waals surface area contributed by atoms with Crippen molar-refractivity contribution >= 4 is 6.16 Å². The highest BCUT2D eigenvalue weighted by Crippen LogP contribution is 1.98. The number of hydrogen-bond acceptors (Lipinski definition) is 3. The molecule has 0 bridgehead atoms. The monoisotopic (exact) mass is 250 g/mol. The third kappa shape index (κ3) is 12.5. The molecule has 0 fully saturated rings. The summed E-state index contributed by atoms with van der Waals surface area (Å²) in [5, 5.41) is 0. The zero-order chi connectivity index (χ0) is 13.5. The Hall–Kier alpha value is -1.61. The van der Waals surface area contributed by atoms with Gasteiger partial charge in [0.25, 0.3) is 0 Å². The van der Waals surface area contributed by atoms with E-state index in [0.717, 1.165) is 38.5 Å². The van der Waals surface area contributed by atoms with E-state index in [4.69, 9.17) is 9.47 Å². The first-order valence-electron chi connectivity index (χ1n) is 6.40. The van der Waals surface area contributed by atoms with Gasteiger partial charge < -0.3 is 9.47 Å². The Morgan fingerprint density at radius 3 is 1.67 bits per heavy atom. The van der Waals surface area contributed by atoms with E-state index in [9.17, 15) is 4.79 Å². The van der Waals surface area contributed by atoms with Crippen LogP contribution >= 0.6 is 0 Å². The largest absolute Gasteiger partial charge is 0.508 e. The number of ether oxygens (including phenoxy) is 2. The Morgan fingerprint density at radius 1 is 0.833 bits per heavy atom. The maximum absolute atomic E-state index is 11.1. The van der Waals surface area contributed by atoms with E-state index in [2.05, 4.69) is 23.7 Å². The molecule has 0 aromatic carbocycles. The highest BCUT2D eigenvalue weighted by atomic mass is 16.7. The zero-order valence-corrected chi connectivity index (χ0v) is 11.4. The van der Waals surface area contributed by atoms with Crippen LogP contribution in [-0.4, -0.2) is 19.4 Å². The van der Waals surface area contributed by atoms with Crippen molar-refractivity contribution in [2.45, 2.75) is 52.4 Å². The molecule has 0 saturated carbocycles. The Bertz CT molecular complexity index is 293. The second-order valence-corrected chi connectivity index (χ2v) is 3.71. The van der Waals surface area contributed by atoms with E-state index in [1.807, 2.05) is 13.8 Å². The van der Waals surface area contributed by atoms with Crippen molar-refractivity contribution in [3.63, 3.8) is 0 Å². The Labute approximate surface area is 110 Å². The van der Waals surface area contributed by atoms with Gasteiger partial charge in [-0.1, -0.05) is 0 Å². The van der Waals surface area contributed by atoms with Crippen molar-refractivity contribution < 1.29 is 14.3 Å². The van der Waals surface area contributed by atoms with Gasteiger partial charge in [-0.3, -0.25) is 0 Å². The number of rotatable bonds is 8. The second-order valence-electron chi connectivity index (χ2n) is 3.71. The van der Waals surface area contributed by atoms with Crippen LogP contribution in [0.15, 0.2) is 0 Å². The van der Waals surface area contributed by atoms with Crippen LogP contribution in [0.5, 0.6) is 0 Å². The van der Waals surface area contributed by atoms with Crippen molar-refractivity contribution in [3.8, 4) is 23.7 Å². The summed E-state index contributed by atoms with van der Waals surface area (Å²) < 4.78 is 9.83. The minimum Gasteiger partial charge on any atom is -0.434 e. The minimum absolute atomic E-state index is 0.408. The molecule has 0 aliphatic carbocycles. The molecule has 0 unspecified atom stereocenters. The maximum atomic E-state index is 11.1. The van der Waals surface area contributed by atoms with Gasteiger partial charge in [-0.25, -0.2) is 4.79 Å². The topological polar surface area (TPSA) is 35.5 Å². The summed E-state index contributed by atoms with van der Waals surface area (Å²) in [4.78, 5) is 11.1. The fourth-order valence-electron chi connectivity index (χ4n) is 1.23. The van der Waals surface area contributed by atoms with E-state index < -0.39 is 6.16 Å². The fourth-order valence-corrected chi connectivity index (χ4v) is 1.23. The highest BCUT2D eigenvalue weighted by Gasteiger charge is 2.02. The van der Waals surface area contributed by atoms with Crippen LogP contribution in [0.4, 0.5) is 4.79 Å². The molecule has 0 radical (unpaired) electrons. The van der Waals surface area contributed by atoms with Gasteiger partial charge in [-0.15, -0.1) is 23.7 Å². The number of carbonyl (C=O) groups is 1. The first-order chi connectivity index (χ1) is 8.81. The van der Waals surface area contributed by atoms with Gasteiger partial charge in [0.05, 0.1) is 13.2 Å². The van der Waals surface area contributed by atoms with Crippen molar-refractivity contribution in [2.24, 2.45) is 0 Å². The number of hydrogen-bond donors (Lipinski definition) is 0. The molecule has 18 heavy (non-hydrogen) atoms. The SMILES string of the molecule is CC#CCCCCOC(=O)OCCCCC#CC. The third-order valence-corrected chi connectivity index (χ3v) is 2.19. The maximum Gasteiger partial charge on any atom is 0.508 e. The first-order valence-corrected chi connectivity index (χ1v) is 6.40. The summed E-state index contributed by atoms with van der Waals surface area (Å²) >= 11 is 0. The lowest BCUT2D eigenvalue weighted by Gasteiger charge is -2.05. The zero-order valence-electron chi connectivity index (χ0n) is 11.4. The van der Waals surface area contributed by atoms with E-state index in [0.29, 0.717) is 13.2 Å². The van der Waals surface area contributed by atoms with E-state index in [-0.39, 0.29) is 0 Å². The molecule has 0 aromatic rings. The van der Waals surface area contributed by atoms with Gasteiger partial charge in [0.2, 0.25) is 0 Å². The molecule has 0 aromatic heterocycles. The summed E-state index contributed by atoms with van der Waals surface area (Å²) in [5.74, 6) is 11.6. The van der Waals surface area contributed by atoms with Gasteiger partial charge in [0, 0.05) is 12.8 Å². The number of carbonyl (C=O) groups excluding carboxylic acids is 1. The van der Waals surface area contributed by atoms with Crippen LogP contribution in [0.2, 0.25) is 0 Å². The lowest BCUT2D eigenvalue weighted by molar-refractivity contribution is 0.0533. The van der Waals surface area contributed by atoms with Crippen LogP contribution in [0.25, 0.3) is 0 Å². The van der Waals surface area contributed by atoms with Crippen molar-refractivity contribution in [2.75, 3.05) is 13.2 Å². The van der Waals surface area contributed by atoms with Gasteiger partial charge in [-0.05, 0) is 39.5 Å². The molecular formula is C15H22O3. The number of unbranched alkanes of at least 4 members (excludes halogenated alkanes) is 4. The van der Waals surface area contributed by atoms with Gasteiger partial charge in [0.15, 0.2) is 0 Å². The summed E-state index contributed by atoms with van der Waals surface area (Å²) in [5.41, 5.74) is 0. The molecular weight excluding hydrogens is 228 g/mol. The van der Waals surface area contributed by atoms with Gasteiger partial charge in [0.1, 0.15) is 0 Å². The van der Waals surface area contributed by atoms with Crippen molar-refractivity contribution in [3.05, 3.63) is 0 Å². The van der Waals surface area contributed by atoms with Crippen molar-refractivity contribution in [1.29, 1.82) is 0 Å². The molecule has 0 saturated heterocycles.